The van der Waals surface area contributed by atoms with Crippen LogP contribution in [0.1, 0.15) is 26.7 Å². The number of ether oxygens (including phenoxy) is 1. The molecule has 0 spiro atoms. The summed E-state index contributed by atoms with van der Waals surface area (Å²) in [5.74, 6) is -0.103. The normalized spacial score (nSPS) is 13.0. The third-order valence-electron chi connectivity index (χ3n) is 1.78. The molecule has 0 bridgehead atoms. The zero-order chi connectivity index (χ0) is 10.3. The number of hydrogen-bond donors (Lipinski definition) is 0. The number of unbranched alkanes of at least 4 members (excludes halogenated alkanes) is 1. The lowest BCUT2D eigenvalue weighted by molar-refractivity contribution is -0.148. The van der Waals surface area contributed by atoms with Crippen molar-refractivity contribution in [2.24, 2.45) is 5.92 Å². The van der Waals surface area contributed by atoms with Crippen LogP contribution in [0.4, 0.5) is 0 Å². The van der Waals surface area contributed by atoms with E-state index in [0.717, 1.165) is 19.4 Å². The van der Waals surface area contributed by atoms with Crippen molar-refractivity contribution in [2.45, 2.75) is 26.7 Å². The van der Waals surface area contributed by atoms with Gasteiger partial charge in [0.2, 0.25) is 0 Å². The van der Waals surface area contributed by atoms with Gasteiger partial charge in [0.1, 0.15) is 0 Å². The highest BCUT2D eigenvalue weighted by molar-refractivity contribution is 5.72. The van der Waals surface area contributed by atoms with E-state index in [9.17, 15) is 4.79 Å². The van der Waals surface area contributed by atoms with Crippen molar-refractivity contribution in [3.63, 3.8) is 0 Å². The second kappa shape index (κ2) is 6.89. The molecule has 0 aliphatic rings. The second-order valence-electron chi connectivity index (χ2n) is 3.68. The molecule has 0 unspecified atom stereocenters. The zero-order valence-electron chi connectivity index (χ0n) is 9.17. The first kappa shape index (κ1) is 12.4. The summed E-state index contributed by atoms with van der Waals surface area (Å²) in [6.45, 7) is 5.30. The van der Waals surface area contributed by atoms with Gasteiger partial charge in [-0.15, -0.1) is 0 Å². The summed E-state index contributed by atoms with van der Waals surface area (Å²) in [6.07, 6.45) is 2.02. The molecule has 3 nitrogen and oxygen atoms in total. The number of hydrogen-bond acceptors (Lipinski definition) is 3. The first-order valence-electron chi connectivity index (χ1n) is 4.89. The quantitative estimate of drug-likeness (QED) is 0.466. The van der Waals surface area contributed by atoms with E-state index >= 15 is 0 Å². The van der Waals surface area contributed by atoms with Crippen LogP contribution >= 0.6 is 0 Å². The standard InChI is InChI=1S/C10H21NO2/c1-5-6-7-13-10(12)9(2)8-11(3)4/h9H,5-8H2,1-4H3/t9-/m0/s1. The number of esters is 1. The molecule has 0 radical (unpaired) electrons. The third-order valence-corrected chi connectivity index (χ3v) is 1.78. The van der Waals surface area contributed by atoms with Gasteiger partial charge < -0.3 is 9.64 Å². The largest absolute Gasteiger partial charge is 0.465 e. The number of carbonyl (C=O) groups is 1. The minimum atomic E-state index is -0.0813. The summed E-state index contributed by atoms with van der Waals surface area (Å²) >= 11 is 0. The minimum absolute atomic E-state index is 0.0214. The van der Waals surface area contributed by atoms with Crippen molar-refractivity contribution < 1.29 is 9.53 Å². The fourth-order valence-electron chi connectivity index (χ4n) is 1.08. The molecule has 0 N–H and O–H groups in total. The molecule has 1 atom stereocenters. The molecule has 0 aromatic rings. The Labute approximate surface area is 81.1 Å². The summed E-state index contributed by atoms with van der Waals surface area (Å²) in [6, 6.07) is 0. The van der Waals surface area contributed by atoms with Crippen LogP contribution in [0.2, 0.25) is 0 Å². The lowest BCUT2D eigenvalue weighted by Crippen LogP contribution is -2.27. The van der Waals surface area contributed by atoms with Crippen LogP contribution in [0.25, 0.3) is 0 Å². The molecule has 0 rings (SSSR count). The van der Waals surface area contributed by atoms with Gasteiger partial charge >= 0.3 is 5.97 Å². The van der Waals surface area contributed by atoms with E-state index in [1.54, 1.807) is 0 Å². The van der Waals surface area contributed by atoms with Gasteiger partial charge in [-0.2, -0.15) is 0 Å². The molecule has 0 saturated heterocycles. The van der Waals surface area contributed by atoms with E-state index in [2.05, 4.69) is 6.92 Å². The summed E-state index contributed by atoms with van der Waals surface area (Å²) in [5, 5.41) is 0. The number of rotatable bonds is 6. The van der Waals surface area contributed by atoms with E-state index in [-0.39, 0.29) is 11.9 Å². The van der Waals surface area contributed by atoms with E-state index in [4.69, 9.17) is 4.74 Å². The highest BCUT2D eigenvalue weighted by Crippen LogP contribution is 2.01. The monoisotopic (exact) mass is 187 g/mol. The maximum absolute atomic E-state index is 11.3. The molecular formula is C10H21NO2. The number of nitrogens with zero attached hydrogens (tertiary/aromatic N) is 1. The van der Waals surface area contributed by atoms with Gasteiger partial charge in [-0.1, -0.05) is 20.3 Å². The lowest BCUT2D eigenvalue weighted by Gasteiger charge is -2.15. The maximum atomic E-state index is 11.3. The smallest absolute Gasteiger partial charge is 0.309 e. The average Bonchev–Trinajstić information content (AvgIpc) is 2.03. The molecule has 0 fully saturated rings. The van der Waals surface area contributed by atoms with E-state index < -0.39 is 0 Å². The molecule has 0 saturated carbocycles. The molecule has 0 aliphatic heterocycles. The summed E-state index contributed by atoms with van der Waals surface area (Å²) in [4.78, 5) is 13.3. The molecule has 0 amide bonds. The fourth-order valence-corrected chi connectivity index (χ4v) is 1.08. The minimum Gasteiger partial charge on any atom is -0.465 e. The Balaban J connectivity index is 3.57. The van der Waals surface area contributed by atoms with E-state index in [1.807, 2.05) is 25.9 Å². The topological polar surface area (TPSA) is 29.5 Å². The van der Waals surface area contributed by atoms with Crippen LogP contribution in [0.15, 0.2) is 0 Å². The van der Waals surface area contributed by atoms with Gasteiger partial charge in [-0.3, -0.25) is 4.79 Å². The first-order chi connectivity index (χ1) is 6.07. The SMILES string of the molecule is CCCCOC(=O)[C@@H](C)CN(C)C. The Morgan fingerprint density at radius 3 is 2.54 bits per heavy atom. The van der Waals surface area contributed by atoms with Crippen LogP contribution in [-0.2, 0) is 9.53 Å². The van der Waals surface area contributed by atoms with Gasteiger partial charge in [0.25, 0.3) is 0 Å². The maximum Gasteiger partial charge on any atom is 0.309 e. The van der Waals surface area contributed by atoms with Crippen molar-refractivity contribution in [2.75, 3.05) is 27.2 Å². The first-order valence-corrected chi connectivity index (χ1v) is 4.89. The van der Waals surface area contributed by atoms with E-state index in [1.165, 1.54) is 0 Å². The molecule has 3 heteroatoms. The Kier molecular flexibility index (Phi) is 6.59. The van der Waals surface area contributed by atoms with Gasteiger partial charge in [-0.25, -0.2) is 0 Å². The third kappa shape index (κ3) is 6.58. The van der Waals surface area contributed by atoms with Crippen molar-refractivity contribution in [1.29, 1.82) is 0 Å². The van der Waals surface area contributed by atoms with Crippen molar-refractivity contribution in [3.05, 3.63) is 0 Å². The molecule has 0 heterocycles. The van der Waals surface area contributed by atoms with Crippen molar-refractivity contribution in [1.82, 2.24) is 4.90 Å². The highest BCUT2D eigenvalue weighted by atomic mass is 16.5. The van der Waals surface area contributed by atoms with Gasteiger partial charge in [0.15, 0.2) is 0 Å². The molecule has 0 aliphatic carbocycles. The Bertz CT molecular complexity index is 146. The van der Waals surface area contributed by atoms with Crippen LogP contribution in [-0.4, -0.2) is 38.1 Å². The van der Waals surface area contributed by atoms with Crippen molar-refractivity contribution >= 4 is 5.97 Å². The highest BCUT2D eigenvalue weighted by Gasteiger charge is 2.14. The van der Waals surface area contributed by atoms with Gasteiger partial charge in [-0.05, 0) is 20.5 Å². The Hall–Kier alpha value is -0.570. The number of carbonyl (C=O) groups excluding carboxylic acids is 1. The molecule has 78 valence electrons. The average molecular weight is 187 g/mol. The Morgan fingerprint density at radius 1 is 1.46 bits per heavy atom. The van der Waals surface area contributed by atoms with E-state index in [0.29, 0.717) is 6.61 Å². The predicted octanol–water partition coefficient (Wildman–Crippen LogP) is 1.53. The molecule has 13 heavy (non-hydrogen) atoms. The van der Waals surface area contributed by atoms with Crippen LogP contribution in [0.5, 0.6) is 0 Å². The second-order valence-corrected chi connectivity index (χ2v) is 3.68. The van der Waals surface area contributed by atoms with Crippen molar-refractivity contribution in [3.8, 4) is 0 Å². The van der Waals surface area contributed by atoms with Gasteiger partial charge in [0, 0.05) is 6.54 Å². The zero-order valence-corrected chi connectivity index (χ0v) is 9.17. The summed E-state index contributed by atoms with van der Waals surface area (Å²) < 4.78 is 5.08. The molecular weight excluding hydrogens is 166 g/mol. The van der Waals surface area contributed by atoms with Crippen LogP contribution in [0.3, 0.4) is 0 Å². The molecule has 0 aromatic heterocycles. The predicted molar refractivity (Wildman–Crippen MR) is 53.6 cm³/mol. The fraction of sp³-hybridized carbons (Fsp3) is 0.900. The summed E-state index contributed by atoms with van der Waals surface area (Å²) in [5.41, 5.74) is 0. The lowest BCUT2D eigenvalue weighted by atomic mass is 10.2. The Morgan fingerprint density at radius 2 is 2.08 bits per heavy atom. The molecule has 0 aromatic carbocycles. The summed E-state index contributed by atoms with van der Waals surface area (Å²) in [7, 11) is 3.91. The van der Waals surface area contributed by atoms with Crippen LogP contribution < -0.4 is 0 Å². The van der Waals surface area contributed by atoms with Gasteiger partial charge in [0.05, 0.1) is 12.5 Å². The van der Waals surface area contributed by atoms with Crippen LogP contribution in [0, 0.1) is 5.92 Å².